The lowest BCUT2D eigenvalue weighted by Gasteiger charge is -2.21. The first-order chi connectivity index (χ1) is 16.5. The van der Waals surface area contributed by atoms with Crippen LogP contribution in [0.1, 0.15) is 31.7 Å². The Morgan fingerprint density at radius 3 is 2.21 bits per heavy atom. The Morgan fingerprint density at radius 2 is 1.59 bits per heavy atom. The maximum absolute atomic E-state index is 14.0. The second-order valence-electron chi connectivity index (χ2n) is 8.57. The minimum absolute atomic E-state index is 0.0327. The van der Waals surface area contributed by atoms with Crippen molar-refractivity contribution in [3.8, 4) is 28.6 Å². The van der Waals surface area contributed by atoms with Crippen LogP contribution in [0.2, 0.25) is 0 Å². The number of hydrogen-bond acceptors (Lipinski definition) is 6. The first kappa shape index (κ1) is 22.0. The number of aryl methyl sites for hydroxylation is 1. The summed E-state index contributed by atoms with van der Waals surface area (Å²) in [5.41, 5.74) is 1.13. The fourth-order valence-corrected chi connectivity index (χ4v) is 5.09. The smallest absolute Gasteiger partial charge is 0.267 e. The molecule has 0 radical (unpaired) electrons. The van der Waals surface area contributed by atoms with Crippen molar-refractivity contribution < 1.29 is 14.2 Å². The highest BCUT2D eigenvalue weighted by Gasteiger charge is 2.27. The number of para-hydroxylation sites is 1. The standard InChI is InChI=1S/C26H27N3O5/c1-28-18-12-8-7-11-17(18)22(30)21-25(28)27-24(29(26(21)31)16-9-5-6-10-16)15-13-19(32-2)23(34-4)20(14-15)33-3/h7-8,11-14,16H,5-6,9-10H2,1-4H3. The molecule has 8 heteroatoms. The molecule has 0 bridgehead atoms. The van der Waals surface area contributed by atoms with Gasteiger partial charge in [-0.25, -0.2) is 4.98 Å². The SMILES string of the molecule is COc1cc(-c2nc3c(c(=O)c4ccccc4n3C)c(=O)n2C2CCCC2)cc(OC)c1OC. The van der Waals surface area contributed by atoms with Crippen LogP contribution in [0.25, 0.3) is 33.3 Å². The summed E-state index contributed by atoms with van der Waals surface area (Å²) < 4.78 is 20.1. The molecule has 1 saturated carbocycles. The monoisotopic (exact) mass is 461 g/mol. The van der Waals surface area contributed by atoms with Crippen LogP contribution < -0.4 is 25.2 Å². The van der Waals surface area contributed by atoms with Crippen LogP contribution >= 0.6 is 0 Å². The summed E-state index contributed by atoms with van der Waals surface area (Å²) in [5, 5.41) is 0.624. The largest absolute Gasteiger partial charge is 0.493 e. The Hall–Kier alpha value is -3.81. The third-order valence-electron chi connectivity index (χ3n) is 6.76. The molecule has 1 aliphatic carbocycles. The highest BCUT2D eigenvalue weighted by Crippen LogP contribution is 2.42. The summed E-state index contributed by atoms with van der Waals surface area (Å²) in [6.07, 6.45) is 3.77. The van der Waals surface area contributed by atoms with Crippen LogP contribution in [-0.4, -0.2) is 35.4 Å². The van der Waals surface area contributed by atoms with Crippen LogP contribution in [0.5, 0.6) is 17.2 Å². The van der Waals surface area contributed by atoms with Gasteiger partial charge in [0, 0.05) is 24.0 Å². The lowest BCUT2D eigenvalue weighted by Crippen LogP contribution is -2.31. The normalized spacial score (nSPS) is 14.1. The fourth-order valence-electron chi connectivity index (χ4n) is 5.09. The van der Waals surface area contributed by atoms with Crippen molar-refractivity contribution in [3.05, 3.63) is 57.0 Å². The Kier molecular flexibility index (Phi) is 5.51. The van der Waals surface area contributed by atoms with Gasteiger partial charge < -0.3 is 18.8 Å². The second-order valence-corrected chi connectivity index (χ2v) is 8.57. The van der Waals surface area contributed by atoms with Crippen molar-refractivity contribution in [3.63, 3.8) is 0 Å². The molecule has 5 rings (SSSR count). The van der Waals surface area contributed by atoms with Gasteiger partial charge in [-0.2, -0.15) is 0 Å². The molecule has 0 unspecified atom stereocenters. The van der Waals surface area contributed by atoms with Crippen LogP contribution in [0, 0.1) is 0 Å². The number of nitrogens with zero attached hydrogens (tertiary/aromatic N) is 3. The highest BCUT2D eigenvalue weighted by atomic mass is 16.5. The molecule has 0 N–H and O–H groups in total. The molecule has 176 valence electrons. The van der Waals surface area contributed by atoms with E-state index in [1.54, 1.807) is 44.1 Å². The summed E-state index contributed by atoms with van der Waals surface area (Å²) >= 11 is 0. The fraction of sp³-hybridized carbons (Fsp3) is 0.346. The molecule has 34 heavy (non-hydrogen) atoms. The van der Waals surface area contributed by atoms with Gasteiger partial charge in [-0.1, -0.05) is 25.0 Å². The van der Waals surface area contributed by atoms with E-state index in [1.165, 1.54) is 0 Å². The minimum atomic E-state index is -0.313. The van der Waals surface area contributed by atoms with Crippen LogP contribution in [0.3, 0.4) is 0 Å². The molecule has 0 amide bonds. The summed E-state index contributed by atoms with van der Waals surface area (Å²) in [6.45, 7) is 0. The molecule has 0 spiro atoms. The number of rotatable bonds is 5. The van der Waals surface area contributed by atoms with Gasteiger partial charge in [0.05, 0.1) is 26.8 Å². The number of aromatic nitrogens is 3. The van der Waals surface area contributed by atoms with Crippen molar-refractivity contribution >= 4 is 21.9 Å². The Labute approximate surface area is 196 Å². The van der Waals surface area contributed by atoms with E-state index >= 15 is 0 Å². The molecule has 4 aromatic rings. The molecule has 0 aliphatic heterocycles. The Morgan fingerprint density at radius 1 is 0.941 bits per heavy atom. The van der Waals surface area contributed by atoms with Crippen molar-refractivity contribution in [1.82, 2.24) is 14.1 Å². The number of benzene rings is 2. The van der Waals surface area contributed by atoms with Crippen molar-refractivity contribution in [2.24, 2.45) is 7.05 Å². The van der Waals surface area contributed by atoms with Gasteiger partial charge in [-0.3, -0.25) is 14.2 Å². The molecular formula is C26H27N3O5. The van der Waals surface area contributed by atoms with Crippen molar-refractivity contribution in [2.75, 3.05) is 21.3 Å². The molecule has 2 aromatic carbocycles. The van der Waals surface area contributed by atoms with E-state index in [9.17, 15) is 9.59 Å². The lowest BCUT2D eigenvalue weighted by atomic mass is 10.1. The Balaban J connectivity index is 1.93. The molecule has 1 fully saturated rings. The summed E-state index contributed by atoms with van der Waals surface area (Å²) in [4.78, 5) is 32.4. The number of methoxy groups -OCH3 is 3. The van der Waals surface area contributed by atoms with Crippen molar-refractivity contribution in [1.29, 1.82) is 0 Å². The van der Waals surface area contributed by atoms with Gasteiger partial charge >= 0.3 is 0 Å². The first-order valence-electron chi connectivity index (χ1n) is 11.3. The van der Waals surface area contributed by atoms with E-state index in [4.69, 9.17) is 19.2 Å². The van der Waals surface area contributed by atoms with Gasteiger partial charge in [0.2, 0.25) is 11.2 Å². The van der Waals surface area contributed by atoms with E-state index in [0.717, 1.165) is 31.2 Å². The van der Waals surface area contributed by atoms with Gasteiger partial charge in [0.15, 0.2) is 17.1 Å². The summed E-state index contributed by atoms with van der Waals surface area (Å²) in [6, 6.07) is 10.8. The maximum Gasteiger partial charge on any atom is 0.267 e. The predicted octanol–water partition coefficient (Wildman–Crippen LogP) is 4.06. The predicted molar refractivity (Wildman–Crippen MR) is 131 cm³/mol. The average Bonchev–Trinajstić information content (AvgIpc) is 3.40. The summed E-state index contributed by atoms with van der Waals surface area (Å²) in [5.74, 6) is 1.88. The second kappa shape index (κ2) is 8.52. The van der Waals surface area contributed by atoms with Gasteiger partial charge in [-0.05, 0) is 37.1 Å². The molecule has 2 aromatic heterocycles. The Bertz CT molecular complexity index is 1510. The van der Waals surface area contributed by atoms with Gasteiger partial charge in [0.25, 0.3) is 5.56 Å². The number of pyridine rings is 1. The van der Waals surface area contributed by atoms with E-state index in [1.807, 2.05) is 29.8 Å². The van der Waals surface area contributed by atoms with E-state index in [2.05, 4.69) is 0 Å². The first-order valence-corrected chi connectivity index (χ1v) is 11.3. The molecule has 0 atom stereocenters. The molecule has 2 heterocycles. The van der Waals surface area contributed by atoms with Gasteiger partial charge in [-0.15, -0.1) is 0 Å². The topological polar surface area (TPSA) is 84.6 Å². The van der Waals surface area contributed by atoms with E-state index in [0.29, 0.717) is 39.7 Å². The number of fused-ring (bicyclic) bond motifs is 2. The minimum Gasteiger partial charge on any atom is -0.493 e. The van der Waals surface area contributed by atoms with Crippen LogP contribution in [-0.2, 0) is 7.05 Å². The quantitative estimate of drug-likeness (QED) is 0.417. The van der Waals surface area contributed by atoms with E-state index in [-0.39, 0.29) is 22.4 Å². The zero-order valence-electron chi connectivity index (χ0n) is 19.8. The third-order valence-corrected chi connectivity index (χ3v) is 6.76. The van der Waals surface area contributed by atoms with E-state index < -0.39 is 0 Å². The molecule has 1 aliphatic rings. The third kappa shape index (κ3) is 3.24. The average molecular weight is 462 g/mol. The van der Waals surface area contributed by atoms with Crippen LogP contribution in [0.4, 0.5) is 0 Å². The molecular weight excluding hydrogens is 434 g/mol. The number of hydrogen-bond donors (Lipinski definition) is 0. The molecule has 8 nitrogen and oxygen atoms in total. The zero-order valence-corrected chi connectivity index (χ0v) is 19.8. The number of ether oxygens (including phenoxy) is 3. The summed E-state index contributed by atoms with van der Waals surface area (Å²) in [7, 11) is 6.47. The van der Waals surface area contributed by atoms with Crippen molar-refractivity contribution in [2.45, 2.75) is 31.7 Å². The maximum atomic E-state index is 14.0. The van der Waals surface area contributed by atoms with Crippen LogP contribution in [0.15, 0.2) is 46.0 Å². The zero-order chi connectivity index (χ0) is 24.0. The lowest BCUT2D eigenvalue weighted by molar-refractivity contribution is 0.324. The van der Waals surface area contributed by atoms with Gasteiger partial charge in [0.1, 0.15) is 11.2 Å². The highest BCUT2D eigenvalue weighted by molar-refractivity contribution is 5.92. The molecule has 0 saturated heterocycles.